The van der Waals surface area contributed by atoms with Gasteiger partial charge in [0.2, 0.25) is 0 Å². The van der Waals surface area contributed by atoms with E-state index < -0.39 is 0 Å². The standard InChI is InChI=1S/C16H23BrClN/c1-10-4-5-12(8-11(10)2)16(19-3)14-7-6-13(18)9-15(14)17/h6-7,9-12,16,19H,4-5,8H2,1-3H3. The highest BCUT2D eigenvalue weighted by Gasteiger charge is 2.31. The summed E-state index contributed by atoms with van der Waals surface area (Å²) in [6.07, 6.45) is 3.96. The molecule has 1 aromatic rings. The molecule has 19 heavy (non-hydrogen) atoms. The lowest BCUT2D eigenvalue weighted by Gasteiger charge is -2.37. The minimum atomic E-state index is 0.418. The van der Waals surface area contributed by atoms with E-state index in [9.17, 15) is 0 Å². The molecule has 1 aliphatic carbocycles. The summed E-state index contributed by atoms with van der Waals surface area (Å²) in [5, 5.41) is 4.30. The summed E-state index contributed by atoms with van der Waals surface area (Å²) in [5.74, 6) is 2.40. The first kappa shape index (κ1) is 15.3. The first-order chi connectivity index (χ1) is 9.02. The molecule has 1 fully saturated rings. The van der Waals surface area contributed by atoms with Crippen LogP contribution in [0.3, 0.4) is 0 Å². The van der Waals surface area contributed by atoms with Crippen LogP contribution in [0.25, 0.3) is 0 Å². The number of nitrogens with one attached hydrogen (secondary N) is 1. The molecule has 0 radical (unpaired) electrons. The van der Waals surface area contributed by atoms with E-state index >= 15 is 0 Å². The van der Waals surface area contributed by atoms with Gasteiger partial charge < -0.3 is 5.32 Å². The Morgan fingerprint density at radius 3 is 2.58 bits per heavy atom. The number of benzene rings is 1. The monoisotopic (exact) mass is 343 g/mol. The number of hydrogen-bond donors (Lipinski definition) is 1. The number of halogens is 2. The van der Waals surface area contributed by atoms with Crippen molar-refractivity contribution in [3.63, 3.8) is 0 Å². The lowest BCUT2D eigenvalue weighted by atomic mass is 9.72. The van der Waals surface area contributed by atoms with Crippen LogP contribution in [0, 0.1) is 17.8 Å². The average molecular weight is 345 g/mol. The zero-order valence-corrected chi connectivity index (χ0v) is 14.3. The molecule has 2 rings (SSSR count). The Kier molecular flexibility index (Phi) is 5.33. The largest absolute Gasteiger partial charge is 0.313 e. The van der Waals surface area contributed by atoms with E-state index in [2.05, 4.69) is 48.2 Å². The minimum Gasteiger partial charge on any atom is -0.313 e. The minimum absolute atomic E-state index is 0.418. The molecule has 1 N–H and O–H groups in total. The third-order valence-corrected chi connectivity index (χ3v) is 5.64. The maximum Gasteiger partial charge on any atom is 0.0417 e. The summed E-state index contributed by atoms with van der Waals surface area (Å²) in [5.41, 5.74) is 1.33. The van der Waals surface area contributed by atoms with Crippen LogP contribution in [0.1, 0.15) is 44.7 Å². The zero-order valence-electron chi connectivity index (χ0n) is 11.9. The van der Waals surface area contributed by atoms with Crippen LogP contribution >= 0.6 is 27.5 Å². The van der Waals surface area contributed by atoms with Crippen molar-refractivity contribution < 1.29 is 0 Å². The second kappa shape index (κ2) is 6.60. The Bertz CT molecular complexity index is 435. The summed E-state index contributed by atoms with van der Waals surface area (Å²) < 4.78 is 1.12. The van der Waals surface area contributed by atoms with Crippen molar-refractivity contribution in [2.45, 2.75) is 39.2 Å². The molecule has 1 nitrogen and oxygen atoms in total. The molecule has 0 heterocycles. The van der Waals surface area contributed by atoms with Gasteiger partial charge in [-0.05, 0) is 55.3 Å². The van der Waals surface area contributed by atoms with Crippen molar-refractivity contribution in [1.82, 2.24) is 5.32 Å². The molecule has 0 aliphatic heterocycles. The van der Waals surface area contributed by atoms with Crippen LogP contribution < -0.4 is 5.32 Å². The summed E-state index contributed by atoms with van der Waals surface area (Å²) in [4.78, 5) is 0. The topological polar surface area (TPSA) is 12.0 Å². The van der Waals surface area contributed by atoms with Crippen LogP contribution in [0.5, 0.6) is 0 Å². The van der Waals surface area contributed by atoms with E-state index in [1.54, 1.807) is 0 Å². The van der Waals surface area contributed by atoms with Gasteiger partial charge in [0.05, 0.1) is 0 Å². The Labute approximate surface area is 130 Å². The maximum absolute atomic E-state index is 6.04. The lowest BCUT2D eigenvalue weighted by molar-refractivity contribution is 0.174. The Morgan fingerprint density at radius 1 is 1.26 bits per heavy atom. The fourth-order valence-electron chi connectivity index (χ4n) is 3.29. The predicted octanol–water partition coefficient (Wildman–Crippen LogP) is 5.44. The van der Waals surface area contributed by atoms with Crippen molar-refractivity contribution in [3.05, 3.63) is 33.3 Å². The summed E-state index contributed by atoms with van der Waals surface area (Å²) in [6, 6.07) is 6.55. The second-order valence-corrected chi connectivity index (χ2v) is 7.25. The molecule has 106 valence electrons. The van der Waals surface area contributed by atoms with Crippen molar-refractivity contribution >= 4 is 27.5 Å². The van der Waals surface area contributed by atoms with Gasteiger partial charge in [-0.3, -0.25) is 0 Å². The van der Waals surface area contributed by atoms with Crippen LogP contribution in [-0.2, 0) is 0 Å². The Morgan fingerprint density at radius 2 is 2.00 bits per heavy atom. The molecule has 0 aromatic heterocycles. The molecule has 0 amide bonds. The summed E-state index contributed by atoms with van der Waals surface area (Å²) in [6.45, 7) is 4.77. The van der Waals surface area contributed by atoms with E-state index in [0.717, 1.165) is 21.3 Å². The highest BCUT2D eigenvalue weighted by Crippen LogP contribution is 2.41. The first-order valence-corrected chi connectivity index (χ1v) is 8.32. The third kappa shape index (κ3) is 3.53. The summed E-state index contributed by atoms with van der Waals surface area (Å²) >= 11 is 9.70. The van der Waals surface area contributed by atoms with Gasteiger partial charge in [-0.2, -0.15) is 0 Å². The number of rotatable bonds is 3. The number of hydrogen-bond acceptors (Lipinski definition) is 1. The Hall–Kier alpha value is -0.0500. The van der Waals surface area contributed by atoms with Crippen LogP contribution in [0.4, 0.5) is 0 Å². The molecular formula is C16H23BrClN. The molecule has 0 bridgehead atoms. The maximum atomic E-state index is 6.04. The molecule has 4 unspecified atom stereocenters. The van der Waals surface area contributed by atoms with Crippen molar-refractivity contribution in [3.8, 4) is 0 Å². The smallest absolute Gasteiger partial charge is 0.0417 e. The summed E-state index contributed by atoms with van der Waals surface area (Å²) in [7, 11) is 2.06. The second-order valence-electron chi connectivity index (χ2n) is 5.96. The molecule has 0 spiro atoms. The van der Waals surface area contributed by atoms with E-state index in [4.69, 9.17) is 11.6 Å². The first-order valence-electron chi connectivity index (χ1n) is 7.15. The molecule has 3 heteroatoms. The zero-order chi connectivity index (χ0) is 14.0. The van der Waals surface area contributed by atoms with Gasteiger partial charge in [0.15, 0.2) is 0 Å². The Balaban J connectivity index is 2.20. The molecule has 1 aromatic carbocycles. The predicted molar refractivity (Wildman–Crippen MR) is 86.6 cm³/mol. The van der Waals surface area contributed by atoms with Gasteiger partial charge in [-0.15, -0.1) is 0 Å². The molecule has 0 saturated heterocycles. The van der Waals surface area contributed by atoms with E-state index in [-0.39, 0.29) is 0 Å². The van der Waals surface area contributed by atoms with Crippen molar-refractivity contribution in [1.29, 1.82) is 0 Å². The van der Waals surface area contributed by atoms with Gasteiger partial charge in [0.25, 0.3) is 0 Å². The van der Waals surface area contributed by atoms with Gasteiger partial charge >= 0.3 is 0 Å². The normalized spacial score (nSPS) is 29.2. The third-order valence-electron chi connectivity index (χ3n) is 4.72. The fraction of sp³-hybridized carbons (Fsp3) is 0.625. The SMILES string of the molecule is CNC(c1ccc(Cl)cc1Br)C1CCC(C)C(C)C1. The molecular weight excluding hydrogens is 322 g/mol. The van der Waals surface area contributed by atoms with Crippen LogP contribution in [0.15, 0.2) is 22.7 Å². The van der Waals surface area contributed by atoms with Gasteiger partial charge in [0.1, 0.15) is 0 Å². The highest BCUT2D eigenvalue weighted by molar-refractivity contribution is 9.10. The van der Waals surface area contributed by atoms with Crippen LogP contribution in [0.2, 0.25) is 5.02 Å². The molecule has 1 saturated carbocycles. The van der Waals surface area contributed by atoms with Crippen LogP contribution in [-0.4, -0.2) is 7.05 Å². The lowest BCUT2D eigenvalue weighted by Crippen LogP contribution is -2.31. The van der Waals surface area contributed by atoms with E-state index in [0.29, 0.717) is 12.0 Å². The highest BCUT2D eigenvalue weighted by atomic mass is 79.9. The van der Waals surface area contributed by atoms with Crippen molar-refractivity contribution in [2.24, 2.45) is 17.8 Å². The average Bonchev–Trinajstić information content (AvgIpc) is 2.37. The van der Waals surface area contributed by atoms with Crippen molar-refractivity contribution in [2.75, 3.05) is 7.05 Å². The van der Waals surface area contributed by atoms with E-state index in [1.165, 1.54) is 24.8 Å². The van der Waals surface area contributed by atoms with Gasteiger partial charge in [-0.1, -0.05) is 53.9 Å². The molecule has 4 atom stereocenters. The van der Waals surface area contributed by atoms with Gasteiger partial charge in [0, 0.05) is 15.5 Å². The molecule has 1 aliphatic rings. The van der Waals surface area contributed by atoms with Gasteiger partial charge in [-0.25, -0.2) is 0 Å². The quantitative estimate of drug-likeness (QED) is 0.770. The fourth-order valence-corrected chi connectivity index (χ4v) is 4.22. The van der Waals surface area contributed by atoms with E-state index in [1.807, 2.05) is 12.1 Å².